The number of sulfonamides is 1. The molecule has 0 aliphatic carbocycles. The smallest absolute Gasteiger partial charge is 0.244 e. The lowest BCUT2D eigenvalue weighted by atomic mass is 10.2. The molecule has 0 saturated carbocycles. The van der Waals surface area contributed by atoms with Crippen molar-refractivity contribution in [3.8, 4) is 0 Å². The van der Waals surface area contributed by atoms with Crippen molar-refractivity contribution in [2.45, 2.75) is 11.4 Å². The molecule has 0 unspecified atom stereocenters. The Morgan fingerprint density at radius 2 is 1.85 bits per heavy atom. The molecule has 0 aromatic heterocycles. The van der Waals surface area contributed by atoms with Crippen molar-refractivity contribution in [3.05, 3.63) is 69.7 Å². The highest BCUT2D eigenvalue weighted by molar-refractivity contribution is 7.89. The molecule has 5 nitrogen and oxygen atoms in total. The summed E-state index contributed by atoms with van der Waals surface area (Å²) in [5, 5.41) is 3.62. The normalized spacial score (nSPS) is 11.9. The van der Waals surface area contributed by atoms with Gasteiger partial charge in [0.2, 0.25) is 15.9 Å². The van der Waals surface area contributed by atoms with Gasteiger partial charge in [-0.1, -0.05) is 47.5 Å². The van der Waals surface area contributed by atoms with Crippen molar-refractivity contribution in [2.24, 2.45) is 0 Å². The van der Waals surface area contributed by atoms with E-state index in [1.54, 1.807) is 42.5 Å². The number of nitrogens with one attached hydrogen (secondary N) is 1. The first-order chi connectivity index (χ1) is 12.2. The topological polar surface area (TPSA) is 66.5 Å². The minimum Gasteiger partial charge on any atom is -0.348 e. The SMILES string of the molecule is CN(C)S(=O)(=O)c1ccccc1CNC(=O)/C=C/c1ccc(Cl)cc1Cl. The molecule has 0 saturated heterocycles. The highest BCUT2D eigenvalue weighted by atomic mass is 35.5. The van der Waals surface area contributed by atoms with Crippen LogP contribution < -0.4 is 5.32 Å². The standard InChI is InChI=1S/C18H18Cl2N2O3S/c1-22(2)26(24,25)17-6-4-3-5-14(17)12-21-18(23)10-8-13-7-9-15(19)11-16(13)20/h3-11H,12H2,1-2H3,(H,21,23)/b10-8+. The number of hydrogen-bond donors (Lipinski definition) is 1. The highest BCUT2D eigenvalue weighted by Gasteiger charge is 2.20. The van der Waals surface area contributed by atoms with E-state index < -0.39 is 10.0 Å². The second-order valence-corrected chi connectivity index (χ2v) is 8.58. The van der Waals surface area contributed by atoms with E-state index in [2.05, 4.69) is 5.32 Å². The molecule has 26 heavy (non-hydrogen) atoms. The summed E-state index contributed by atoms with van der Waals surface area (Å²) in [5.74, 6) is -0.368. The van der Waals surface area contributed by atoms with E-state index >= 15 is 0 Å². The van der Waals surface area contributed by atoms with Gasteiger partial charge in [0.15, 0.2) is 0 Å². The van der Waals surface area contributed by atoms with Crippen molar-refractivity contribution in [1.82, 2.24) is 9.62 Å². The average molecular weight is 413 g/mol. The van der Waals surface area contributed by atoms with Gasteiger partial charge in [0.05, 0.1) is 4.90 Å². The third-order valence-electron chi connectivity index (χ3n) is 3.56. The Hall–Kier alpha value is -1.86. The zero-order valence-electron chi connectivity index (χ0n) is 14.2. The van der Waals surface area contributed by atoms with E-state index in [1.807, 2.05) is 0 Å². The lowest BCUT2D eigenvalue weighted by Crippen LogP contribution is -2.26. The van der Waals surface area contributed by atoms with E-state index in [0.29, 0.717) is 21.2 Å². The Balaban J connectivity index is 2.10. The largest absolute Gasteiger partial charge is 0.348 e. The van der Waals surface area contributed by atoms with Crippen LogP contribution in [-0.4, -0.2) is 32.7 Å². The summed E-state index contributed by atoms with van der Waals surface area (Å²) in [7, 11) is -0.663. The van der Waals surface area contributed by atoms with E-state index in [1.165, 1.54) is 26.2 Å². The molecule has 2 rings (SSSR count). The van der Waals surface area contributed by atoms with Crippen LogP contribution >= 0.6 is 23.2 Å². The first-order valence-electron chi connectivity index (χ1n) is 7.63. The summed E-state index contributed by atoms with van der Waals surface area (Å²) in [6.45, 7) is 0.0841. The lowest BCUT2D eigenvalue weighted by Gasteiger charge is -2.15. The summed E-state index contributed by atoms with van der Waals surface area (Å²) in [4.78, 5) is 12.2. The minimum absolute atomic E-state index is 0.0841. The molecular weight excluding hydrogens is 395 g/mol. The Bertz CT molecular complexity index is 941. The Labute approximate surface area is 163 Å². The predicted molar refractivity (Wildman–Crippen MR) is 105 cm³/mol. The minimum atomic E-state index is -3.59. The monoisotopic (exact) mass is 412 g/mol. The molecule has 0 atom stereocenters. The second kappa shape index (κ2) is 8.68. The van der Waals surface area contributed by atoms with Crippen LogP contribution in [0.1, 0.15) is 11.1 Å². The molecule has 0 bridgehead atoms. The highest BCUT2D eigenvalue weighted by Crippen LogP contribution is 2.22. The first kappa shape index (κ1) is 20.5. The fraction of sp³-hybridized carbons (Fsp3) is 0.167. The van der Waals surface area contributed by atoms with Crippen LogP contribution in [0.25, 0.3) is 6.08 Å². The zero-order chi connectivity index (χ0) is 19.3. The second-order valence-electron chi connectivity index (χ2n) is 5.61. The summed E-state index contributed by atoms with van der Waals surface area (Å²) >= 11 is 11.9. The quantitative estimate of drug-likeness (QED) is 0.737. The van der Waals surface area contributed by atoms with E-state index in [-0.39, 0.29) is 17.3 Å². The van der Waals surface area contributed by atoms with Gasteiger partial charge in [-0.05, 0) is 35.4 Å². The fourth-order valence-electron chi connectivity index (χ4n) is 2.14. The van der Waals surface area contributed by atoms with Crippen LogP contribution in [0.4, 0.5) is 0 Å². The molecule has 0 aliphatic heterocycles. The number of hydrogen-bond acceptors (Lipinski definition) is 3. The summed E-state index contributed by atoms with van der Waals surface area (Å²) in [6, 6.07) is 11.5. The van der Waals surface area contributed by atoms with Gasteiger partial charge < -0.3 is 5.32 Å². The van der Waals surface area contributed by atoms with Gasteiger partial charge >= 0.3 is 0 Å². The molecule has 1 amide bonds. The van der Waals surface area contributed by atoms with Gasteiger partial charge in [-0.25, -0.2) is 12.7 Å². The Morgan fingerprint density at radius 3 is 2.50 bits per heavy atom. The van der Waals surface area contributed by atoms with Gasteiger partial charge in [0.1, 0.15) is 0 Å². The molecule has 8 heteroatoms. The van der Waals surface area contributed by atoms with Crippen molar-refractivity contribution in [2.75, 3.05) is 14.1 Å². The number of benzene rings is 2. The third-order valence-corrected chi connectivity index (χ3v) is 6.04. The Kier molecular flexibility index (Phi) is 6.83. The zero-order valence-corrected chi connectivity index (χ0v) is 16.6. The summed E-state index contributed by atoms with van der Waals surface area (Å²) in [6.07, 6.45) is 2.90. The maximum Gasteiger partial charge on any atom is 0.244 e. The van der Waals surface area contributed by atoms with Gasteiger partial charge in [-0.2, -0.15) is 0 Å². The van der Waals surface area contributed by atoms with Crippen molar-refractivity contribution >= 4 is 45.2 Å². The van der Waals surface area contributed by atoms with Crippen molar-refractivity contribution < 1.29 is 13.2 Å². The maximum absolute atomic E-state index is 12.3. The van der Waals surface area contributed by atoms with Crippen LogP contribution in [0, 0.1) is 0 Å². The number of halogens is 2. The molecule has 2 aromatic rings. The molecule has 0 radical (unpaired) electrons. The number of carbonyl (C=O) groups excluding carboxylic acids is 1. The molecule has 0 aliphatic rings. The molecule has 2 aromatic carbocycles. The van der Waals surface area contributed by atoms with E-state index in [4.69, 9.17) is 23.2 Å². The van der Waals surface area contributed by atoms with E-state index in [9.17, 15) is 13.2 Å². The average Bonchev–Trinajstić information content (AvgIpc) is 2.59. The van der Waals surface area contributed by atoms with Gasteiger partial charge in [0.25, 0.3) is 0 Å². The number of nitrogens with zero attached hydrogens (tertiary/aromatic N) is 1. The third kappa shape index (κ3) is 5.08. The number of rotatable bonds is 6. The molecule has 138 valence electrons. The molecule has 1 N–H and O–H groups in total. The fourth-order valence-corrected chi connectivity index (χ4v) is 3.73. The first-order valence-corrected chi connectivity index (χ1v) is 9.83. The van der Waals surface area contributed by atoms with Crippen LogP contribution in [0.15, 0.2) is 53.4 Å². The molecule has 0 spiro atoms. The number of amides is 1. The van der Waals surface area contributed by atoms with Crippen LogP contribution in [0.2, 0.25) is 10.0 Å². The molecular formula is C18H18Cl2N2O3S. The van der Waals surface area contributed by atoms with Crippen LogP contribution in [0.3, 0.4) is 0 Å². The van der Waals surface area contributed by atoms with Crippen molar-refractivity contribution in [3.63, 3.8) is 0 Å². The maximum atomic E-state index is 12.3. The van der Waals surface area contributed by atoms with Gasteiger partial charge in [-0.15, -0.1) is 0 Å². The lowest BCUT2D eigenvalue weighted by molar-refractivity contribution is -0.116. The summed E-state index contributed by atoms with van der Waals surface area (Å²) in [5.41, 5.74) is 1.16. The molecule has 0 heterocycles. The van der Waals surface area contributed by atoms with Crippen LogP contribution in [-0.2, 0) is 21.4 Å². The van der Waals surface area contributed by atoms with Gasteiger partial charge in [-0.3, -0.25) is 4.79 Å². The number of carbonyl (C=O) groups is 1. The summed E-state index contributed by atoms with van der Waals surface area (Å²) < 4.78 is 25.8. The van der Waals surface area contributed by atoms with Gasteiger partial charge in [0, 0.05) is 36.8 Å². The van der Waals surface area contributed by atoms with Crippen LogP contribution in [0.5, 0.6) is 0 Å². The van der Waals surface area contributed by atoms with Crippen molar-refractivity contribution in [1.29, 1.82) is 0 Å². The van der Waals surface area contributed by atoms with E-state index in [0.717, 1.165) is 4.31 Å². The predicted octanol–water partition coefficient (Wildman–Crippen LogP) is 3.57. The molecule has 0 fully saturated rings. The Morgan fingerprint density at radius 1 is 1.15 bits per heavy atom.